The minimum atomic E-state index is -0.369. The van der Waals surface area contributed by atoms with E-state index in [0.29, 0.717) is 6.54 Å². The minimum Gasteiger partial charge on any atom is -0.396 e. The van der Waals surface area contributed by atoms with E-state index >= 15 is 0 Å². The average Bonchev–Trinajstić information content (AvgIpc) is 3.07. The van der Waals surface area contributed by atoms with Gasteiger partial charge < -0.3 is 14.7 Å². The first-order valence-electron chi connectivity index (χ1n) is 12.2. The van der Waals surface area contributed by atoms with Crippen LogP contribution in [0.2, 0.25) is 0 Å². The molecule has 1 N–H and O–H groups in total. The van der Waals surface area contributed by atoms with Gasteiger partial charge in [0.1, 0.15) is 6.54 Å². The summed E-state index contributed by atoms with van der Waals surface area (Å²) in [5.41, 5.74) is -0.284. The second kappa shape index (κ2) is 13.3. The van der Waals surface area contributed by atoms with Crippen LogP contribution in [-0.2, 0) is 9.53 Å². The lowest BCUT2D eigenvalue weighted by atomic mass is 9.79. The number of hydrogen-bond acceptors (Lipinski definition) is 4. The monoisotopic (exact) mass is 426 g/mol. The molecule has 0 spiro atoms. The molecule has 1 aliphatic heterocycles. The zero-order chi connectivity index (χ0) is 22.6. The van der Waals surface area contributed by atoms with Crippen LogP contribution >= 0.6 is 0 Å². The molecule has 1 fully saturated rings. The number of hydrogen-bond donors (Lipinski definition) is 1. The van der Waals surface area contributed by atoms with Crippen LogP contribution in [0.3, 0.4) is 0 Å². The Bertz CT molecular complexity index is 507. The molecule has 3 amide bonds. The summed E-state index contributed by atoms with van der Waals surface area (Å²) in [6, 6.07) is -0.124. The van der Waals surface area contributed by atoms with Crippen LogP contribution in [0.1, 0.15) is 98.8 Å². The standard InChI is InChI=1S/C24H46N2O4/c1-6-23(7-2,20-27)15-11-13-17-30-18-14-12-16-24(8-3,9-4)26-21(28)19-25(10-5)22(26)29/h27H,6-20H2,1-5H3. The molecule has 0 unspecified atom stereocenters. The molecule has 0 atom stereocenters. The molecule has 176 valence electrons. The van der Waals surface area contributed by atoms with E-state index in [1.54, 1.807) is 9.80 Å². The smallest absolute Gasteiger partial charge is 0.327 e. The summed E-state index contributed by atoms with van der Waals surface area (Å²) < 4.78 is 5.82. The number of aliphatic hydroxyl groups is 1. The van der Waals surface area contributed by atoms with Crippen molar-refractivity contribution in [2.24, 2.45) is 5.41 Å². The Balaban J connectivity index is 2.34. The van der Waals surface area contributed by atoms with Gasteiger partial charge in [-0.1, -0.05) is 34.1 Å². The van der Waals surface area contributed by atoms with Crippen LogP contribution in [-0.4, -0.2) is 65.3 Å². The van der Waals surface area contributed by atoms with E-state index in [1.807, 2.05) is 6.92 Å². The predicted molar refractivity (Wildman–Crippen MR) is 121 cm³/mol. The fourth-order valence-electron chi connectivity index (χ4n) is 4.67. The molecule has 0 aromatic rings. The second-order valence-corrected chi connectivity index (χ2v) is 8.85. The summed E-state index contributed by atoms with van der Waals surface area (Å²) in [5.74, 6) is -0.0556. The maximum absolute atomic E-state index is 12.7. The van der Waals surface area contributed by atoms with Crippen LogP contribution < -0.4 is 0 Å². The van der Waals surface area contributed by atoms with E-state index in [4.69, 9.17) is 4.74 Å². The largest absolute Gasteiger partial charge is 0.396 e. The Morgan fingerprint density at radius 1 is 0.867 bits per heavy atom. The number of carbonyl (C=O) groups excluding carboxylic acids is 2. The number of aliphatic hydroxyl groups excluding tert-OH is 1. The lowest BCUT2D eigenvalue weighted by molar-refractivity contribution is -0.130. The topological polar surface area (TPSA) is 70.1 Å². The van der Waals surface area contributed by atoms with Crippen LogP contribution in [0.5, 0.6) is 0 Å². The van der Waals surface area contributed by atoms with Crippen molar-refractivity contribution in [3.05, 3.63) is 0 Å². The van der Waals surface area contributed by atoms with Gasteiger partial charge in [-0.2, -0.15) is 0 Å². The molecule has 30 heavy (non-hydrogen) atoms. The first kappa shape index (κ1) is 26.9. The Morgan fingerprint density at radius 2 is 1.43 bits per heavy atom. The predicted octanol–water partition coefficient (Wildman–Crippen LogP) is 4.99. The van der Waals surface area contributed by atoms with Crippen molar-refractivity contribution in [1.29, 1.82) is 0 Å². The van der Waals surface area contributed by atoms with E-state index in [-0.39, 0.29) is 36.0 Å². The fourth-order valence-corrected chi connectivity index (χ4v) is 4.67. The van der Waals surface area contributed by atoms with Gasteiger partial charge in [0.2, 0.25) is 0 Å². The molecule has 0 aromatic carbocycles. The number of urea groups is 1. The number of unbranched alkanes of at least 4 members (excludes halogenated alkanes) is 2. The van der Waals surface area contributed by atoms with Gasteiger partial charge in [-0.3, -0.25) is 9.69 Å². The molecular formula is C24H46N2O4. The molecule has 0 aliphatic carbocycles. The molecular weight excluding hydrogens is 380 g/mol. The Labute approximate surface area is 184 Å². The quantitative estimate of drug-likeness (QED) is 0.263. The van der Waals surface area contributed by atoms with Gasteiger partial charge in [0.25, 0.3) is 5.91 Å². The third-order valence-corrected chi connectivity index (χ3v) is 7.47. The van der Waals surface area contributed by atoms with Crippen LogP contribution in [0, 0.1) is 5.41 Å². The Hall–Kier alpha value is -1.14. The van der Waals surface area contributed by atoms with E-state index in [1.165, 1.54) is 0 Å². The van der Waals surface area contributed by atoms with Crippen molar-refractivity contribution >= 4 is 11.9 Å². The fraction of sp³-hybridized carbons (Fsp3) is 0.917. The van der Waals surface area contributed by atoms with Crippen molar-refractivity contribution in [3.63, 3.8) is 0 Å². The number of ether oxygens (including phenoxy) is 1. The highest BCUT2D eigenvalue weighted by Gasteiger charge is 2.46. The molecule has 0 saturated carbocycles. The van der Waals surface area contributed by atoms with Crippen molar-refractivity contribution in [2.75, 3.05) is 32.9 Å². The summed E-state index contributed by atoms with van der Waals surface area (Å²) in [4.78, 5) is 28.4. The van der Waals surface area contributed by atoms with Crippen molar-refractivity contribution in [1.82, 2.24) is 9.80 Å². The third-order valence-electron chi connectivity index (χ3n) is 7.47. The molecule has 6 nitrogen and oxygen atoms in total. The number of nitrogens with zero attached hydrogens (tertiary/aromatic N) is 2. The highest BCUT2D eigenvalue weighted by molar-refractivity contribution is 6.02. The van der Waals surface area contributed by atoms with Gasteiger partial charge in [0, 0.05) is 26.4 Å². The highest BCUT2D eigenvalue weighted by atomic mass is 16.5. The molecule has 6 heteroatoms. The number of rotatable bonds is 17. The first-order valence-corrected chi connectivity index (χ1v) is 12.2. The SMILES string of the molecule is CCN1CC(=O)N(C(CC)(CC)CCCCOCCCCC(CC)(CC)CO)C1=O. The third kappa shape index (κ3) is 6.68. The summed E-state index contributed by atoms with van der Waals surface area (Å²) in [5, 5.41) is 9.64. The zero-order valence-corrected chi connectivity index (χ0v) is 20.2. The number of amides is 3. The number of carbonyl (C=O) groups is 2. The van der Waals surface area contributed by atoms with Crippen molar-refractivity contribution in [2.45, 2.75) is 104 Å². The van der Waals surface area contributed by atoms with Gasteiger partial charge in [-0.15, -0.1) is 0 Å². The van der Waals surface area contributed by atoms with E-state index in [0.717, 1.165) is 77.4 Å². The van der Waals surface area contributed by atoms with E-state index in [9.17, 15) is 14.7 Å². The van der Waals surface area contributed by atoms with E-state index in [2.05, 4.69) is 27.7 Å². The van der Waals surface area contributed by atoms with Gasteiger partial charge in [-0.25, -0.2) is 4.79 Å². The molecule has 1 aliphatic rings. The second-order valence-electron chi connectivity index (χ2n) is 8.85. The maximum Gasteiger partial charge on any atom is 0.327 e. The first-order chi connectivity index (χ1) is 14.4. The Morgan fingerprint density at radius 3 is 1.87 bits per heavy atom. The van der Waals surface area contributed by atoms with Gasteiger partial charge in [0.05, 0.1) is 5.54 Å². The normalized spacial score (nSPS) is 15.5. The lowest BCUT2D eigenvalue weighted by Crippen LogP contribution is -2.51. The molecule has 1 rings (SSSR count). The maximum atomic E-state index is 12.7. The summed E-state index contributed by atoms with van der Waals surface area (Å²) in [6.07, 6.45) is 9.53. The van der Waals surface area contributed by atoms with Crippen LogP contribution in [0.15, 0.2) is 0 Å². The van der Waals surface area contributed by atoms with Gasteiger partial charge in [-0.05, 0) is 70.1 Å². The van der Waals surface area contributed by atoms with Gasteiger partial charge >= 0.3 is 6.03 Å². The summed E-state index contributed by atoms with van der Waals surface area (Å²) >= 11 is 0. The van der Waals surface area contributed by atoms with Crippen LogP contribution in [0.25, 0.3) is 0 Å². The van der Waals surface area contributed by atoms with Crippen molar-refractivity contribution in [3.8, 4) is 0 Å². The molecule has 0 bridgehead atoms. The number of imide groups is 1. The van der Waals surface area contributed by atoms with Crippen LogP contribution in [0.4, 0.5) is 4.79 Å². The minimum absolute atomic E-state index is 0.0556. The highest BCUT2D eigenvalue weighted by Crippen LogP contribution is 2.34. The lowest BCUT2D eigenvalue weighted by Gasteiger charge is -2.39. The zero-order valence-electron chi connectivity index (χ0n) is 20.2. The van der Waals surface area contributed by atoms with Crippen molar-refractivity contribution < 1.29 is 19.4 Å². The van der Waals surface area contributed by atoms with Gasteiger partial charge in [0.15, 0.2) is 0 Å². The molecule has 1 saturated heterocycles. The Kier molecular flexibility index (Phi) is 11.9. The molecule has 1 heterocycles. The summed E-state index contributed by atoms with van der Waals surface area (Å²) in [7, 11) is 0. The molecule has 0 aromatic heterocycles. The van der Waals surface area contributed by atoms with E-state index < -0.39 is 0 Å². The summed E-state index contributed by atoms with van der Waals surface area (Å²) in [6.45, 7) is 12.9. The average molecular weight is 427 g/mol. The number of likely N-dealkylation sites (N-methyl/N-ethyl adjacent to an activating group) is 1. The molecule has 0 radical (unpaired) electrons.